The molecule has 132 valence electrons. The Morgan fingerprint density at radius 2 is 1.46 bits per heavy atom. The maximum atomic E-state index is 6.21. The lowest BCUT2D eigenvalue weighted by Crippen LogP contribution is -1.91. The van der Waals surface area contributed by atoms with Gasteiger partial charge in [0, 0.05) is 27.1 Å². The summed E-state index contributed by atoms with van der Waals surface area (Å²) in [6.45, 7) is 0. The number of rotatable bonds is 1. The summed E-state index contributed by atoms with van der Waals surface area (Å²) in [4.78, 5) is 8.86. The van der Waals surface area contributed by atoms with Crippen LogP contribution < -0.4 is 0 Å². The molecule has 4 aromatic carbocycles. The van der Waals surface area contributed by atoms with Crippen LogP contribution in [0.4, 0.5) is 0 Å². The van der Waals surface area contributed by atoms with E-state index in [9.17, 15) is 0 Å². The molecule has 0 bridgehead atoms. The monoisotopic (exact) mass is 380 g/mol. The first-order chi connectivity index (χ1) is 13.8. The first-order valence-electron chi connectivity index (χ1n) is 9.05. The standard InChI is InChI=1S/C24H13ClN2O/c25-24-26-20-7-3-1-6-18(20)22(27-24)15-10-9-14-11-12-17-16-5-2-4-8-21(16)28-23(17)19(14)13-15/h1-13H. The van der Waals surface area contributed by atoms with E-state index in [1.807, 2.05) is 42.5 Å². The first-order valence-corrected chi connectivity index (χ1v) is 9.42. The van der Waals surface area contributed by atoms with E-state index in [0.717, 1.165) is 54.9 Å². The normalized spacial score (nSPS) is 11.8. The molecule has 0 aliphatic rings. The number of hydrogen-bond donors (Lipinski definition) is 0. The van der Waals surface area contributed by atoms with E-state index in [-0.39, 0.29) is 5.28 Å². The van der Waals surface area contributed by atoms with Crippen LogP contribution >= 0.6 is 11.6 Å². The average Bonchev–Trinajstić information content (AvgIpc) is 3.12. The van der Waals surface area contributed by atoms with Crippen molar-refractivity contribution < 1.29 is 4.42 Å². The smallest absolute Gasteiger partial charge is 0.223 e. The summed E-state index contributed by atoms with van der Waals surface area (Å²) in [7, 11) is 0. The number of aromatic nitrogens is 2. The van der Waals surface area contributed by atoms with E-state index in [2.05, 4.69) is 46.4 Å². The van der Waals surface area contributed by atoms with E-state index in [1.54, 1.807) is 0 Å². The van der Waals surface area contributed by atoms with E-state index < -0.39 is 0 Å². The largest absolute Gasteiger partial charge is 0.455 e. The Kier molecular flexibility index (Phi) is 3.22. The van der Waals surface area contributed by atoms with Gasteiger partial charge in [0.2, 0.25) is 5.28 Å². The van der Waals surface area contributed by atoms with Crippen LogP contribution in [0.25, 0.3) is 54.9 Å². The summed E-state index contributed by atoms with van der Waals surface area (Å²) in [5.74, 6) is 0. The number of benzene rings is 4. The fourth-order valence-corrected chi connectivity index (χ4v) is 4.09. The van der Waals surface area contributed by atoms with Gasteiger partial charge in [0.25, 0.3) is 0 Å². The Bertz CT molecular complexity index is 1530. The molecule has 0 fully saturated rings. The van der Waals surface area contributed by atoms with E-state index in [4.69, 9.17) is 16.0 Å². The van der Waals surface area contributed by atoms with Crippen molar-refractivity contribution in [3.05, 3.63) is 84.1 Å². The van der Waals surface area contributed by atoms with Crippen LogP contribution in [-0.2, 0) is 0 Å². The molecule has 0 aliphatic carbocycles. The summed E-state index contributed by atoms with van der Waals surface area (Å²) in [5.41, 5.74) is 4.43. The fraction of sp³-hybridized carbons (Fsp3) is 0. The van der Waals surface area contributed by atoms with Crippen LogP contribution in [0.3, 0.4) is 0 Å². The van der Waals surface area contributed by atoms with Gasteiger partial charge >= 0.3 is 0 Å². The highest BCUT2D eigenvalue weighted by Crippen LogP contribution is 2.36. The predicted octanol–water partition coefficient (Wildman–Crippen LogP) is 7.00. The predicted molar refractivity (Wildman–Crippen MR) is 115 cm³/mol. The molecule has 0 spiro atoms. The summed E-state index contributed by atoms with van der Waals surface area (Å²) < 4.78 is 6.21. The summed E-state index contributed by atoms with van der Waals surface area (Å²) in [5, 5.41) is 5.65. The molecule has 0 saturated heterocycles. The van der Waals surface area contributed by atoms with Crippen molar-refractivity contribution in [2.75, 3.05) is 0 Å². The second-order valence-corrected chi connectivity index (χ2v) is 7.17. The SMILES string of the molecule is Clc1nc(-c2ccc3ccc4c5ccccc5oc4c3c2)c2ccccc2n1. The molecule has 4 heteroatoms. The van der Waals surface area contributed by atoms with Gasteiger partial charge in [0.15, 0.2) is 0 Å². The van der Waals surface area contributed by atoms with Crippen molar-refractivity contribution in [3.8, 4) is 11.3 Å². The quantitative estimate of drug-likeness (QED) is 0.288. The third kappa shape index (κ3) is 2.23. The third-order valence-corrected chi connectivity index (χ3v) is 5.38. The number of nitrogens with zero attached hydrogens (tertiary/aromatic N) is 2. The molecule has 0 saturated carbocycles. The number of para-hydroxylation sites is 2. The van der Waals surface area contributed by atoms with Crippen LogP contribution in [0.1, 0.15) is 0 Å². The maximum absolute atomic E-state index is 6.21. The van der Waals surface area contributed by atoms with Gasteiger partial charge in [-0.05, 0) is 41.3 Å². The molecule has 3 nitrogen and oxygen atoms in total. The Morgan fingerprint density at radius 1 is 0.679 bits per heavy atom. The lowest BCUT2D eigenvalue weighted by Gasteiger charge is -2.08. The molecule has 6 aromatic rings. The topological polar surface area (TPSA) is 38.9 Å². The molecule has 2 aromatic heterocycles. The Labute approximate surface area is 165 Å². The van der Waals surface area contributed by atoms with Crippen LogP contribution in [-0.4, -0.2) is 9.97 Å². The van der Waals surface area contributed by atoms with Gasteiger partial charge in [-0.25, -0.2) is 9.97 Å². The van der Waals surface area contributed by atoms with Crippen molar-refractivity contribution >= 4 is 55.2 Å². The van der Waals surface area contributed by atoms with Gasteiger partial charge in [-0.3, -0.25) is 0 Å². The Morgan fingerprint density at radius 3 is 2.39 bits per heavy atom. The highest BCUT2D eigenvalue weighted by molar-refractivity contribution is 6.29. The van der Waals surface area contributed by atoms with Crippen molar-refractivity contribution in [1.82, 2.24) is 9.97 Å². The van der Waals surface area contributed by atoms with Crippen LogP contribution in [0, 0.1) is 0 Å². The van der Waals surface area contributed by atoms with Gasteiger partial charge < -0.3 is 4.42 Å². The molecule has 0 amide bonds. The lowest BCUT2D eigenvalue weighted by atomic mass is 10.0. The van der Waals surface area contributed by atoms with Gasteiger partial charge in [-0.15, -0.1) is 0 Å². The average molecular weight is 381 g/mol. The Hall–Kier alpha value is -3.43. The van der Waals surface area contributed by atoms with Crippen molar-refractivity contribution in [2.45, 2.75) is 0 Å². The number of fused-ring (bicyclic) bond motifs is 6. The van der Waals surface area contributed by atoms with E-state index in [1.165, 1.54) is 0 Å². The summed E-state index contributed by atoms with van der Waals surface area (Å²) in [6, 6.07) is 26.6. The van der Waals surface area contributed by atoms with Gasteiger partial charge in [-0.1, -0.05) is 54.6 Å². The molecule has 0 N–H and O–H groups in total. The molecule has 0 unspecified atom stereocenters. The zero-order chi connectivity index (χ0) is 18.7. The molecular weight excluding hydrogens is 368 g/mol. The van der Waals surface area contributed by atoms with Crippen LogP contribution in [0.15, 0.2) is 83.3 Å². The van der Waals surface area contributed by atoms with Gasteiger partial charge in [-0.2, -0.15) is 0 Å². The summed E-state index contributed by atoms with van der Waals surface area (Å²) >= 11 is 6.20. The Balaban J connectivity index is 1.70. The van der Waals surface area contributed by atoms with Crippen LogP contribution in [0.5, 0.6) is 0 Å². The first kappa shape index (κ1) is 15.6. The van der Waals surface area contributed by atoms with Gasteiger partial charge in [0.1, 0.15) is 11.2 Å². The molecule has 6 rings (SSSR count). The molecule has 0 aliphatic heterocycles. The second-order valence-electron chi connectivity index (χ2n) is 6.83. The molecule has 0 atom stereocenters. The number of hydrogen-bond acceptors (Lipinski definition) is 3. The second kappa shape index (κ2) is 5.78. The third-order valence-electron chi connectivity index (χ3n) is 5.21. The number of halogens is 1. The zero-order valence-electron chi connectivity index (χ0n) is 14.7. The fourth-order valence-electron chi connectivity index (χ4n) is 3.92. The number of furan rings is 1. The minimum Gasteiger partial charge on any atom is -0.455 e. The highest BCUT2D eigenvalue weighted by atomic mass is 35.5. The minimum absolute atomic E-state index is 0.246. The summed E-state index contributed by atoms with van der Waals surface area (Å²) in [6.07, 6.45) is 0. The minimum atomic E-state index is 0.246. The molecule has 0 radical (unpaired) electrons. The van der Waals surface area contributed by atoms with Crippen molar-refractivity contribution in [2.24, 2.45) is 0 Å². The van der Waals surface area contributed by atoms with Crippen molar-refractivity contribution in [3.63, 3.8) is 0 Å². The molecular formula is C24H13ClN2O. The van der Waals surface area contributed by atoms with Crippen LogP contribution in [0.2, 0.25) is 5.28 Å². The van der Waals surface area contributed by atoms with Gasteiger partial charge in [0.05, 0.1) is 11.2 Å². The zero-order valence-corrected chi connectivity index (χ0v) is 15.4. The maximum Gasteiger partial charge on any atom is 0.223 e. The highest BCUT2D eigenvalue weighted by Gasteiger charge is 2.13. The molecule has 28 heavy (non-hydrogen) atoms. The van der Waals surface area contributed by atoms with E-state index >= 15 is 0 Å². The lowest BCUT2D eigenvalue weighted by molar-refractivity contribution is 0.672. The molecule has 2 heterocycles. The van der Waals surface area contributed by atoms with E-state index in [0.29, 0.717) is 0 Å². The van der Waals surface area contributed by atoms with Crippen molar-refractivity contribution in [1.29, 1.82) is 0 Å².